The van der Waals surface area contributed by atoms with Gasteiger partial charge in [0.2, 0.25) is 11.9 Å². The van der Waals surface area contributed by atoms with Crippen molar-refractivity contribution in [1.82, 2.24) is 14.9 Å². The van der Waals surface area contributed by atoms with Gasteiger partial charge in [-0.1, -0.05) is 13.8 Å². The predicted octanol–water partition coefficient (Wildman–Crippen LogP) is 1.35. The van der Waals surface area contributed by atoms with Gasteiger partial charge in [0.15, 0.2) is 0 Å². The largest absolute Gasteiger partial charge is 0.339 e. The van der Waals surface area contributed by atoms with E-state index in [4.69, 9.17) is 5.26 Å². The Bertz CT molecular complexity index is 556. The van der Waals surface area contributed by atoms with Gasteiger partial charge in [-0.3, -0.25) is 4.79 Å². The maximum atomic E-state index is 12.0. The van der Waals surface area contributed by atoms with Crippen LogP contribution >= 0.6 is 0 Å². The molecule has 0 N–H and O–H groups in total. The average molecular weight is 287 g/mol. The van der Waals surface area contributed by atoms with Crippen molar-refractivity contribution in [1.29, 1.82) is 5.26 Å². The first-order valence-corrected chi connectivity index (χ1v) is 7.28. The molecule has 0 bridgehead atoms. The number of nitriles is 1. The minimum atomic E-state index is 0.215. The van der Waals surface area contributed by atoms with Gasteiger partial charge in [-0.15, -0.1) is 0 Å². The Balaban J connectivity index is 2.00. The fourth-order valence-electron chi connectivity index (χ4n) is 2.39. The van der Waals surface area contributed by atoms with Crippen LogP contribution in [0.15, 0.2) is 6.07 Å². The molecule has 1 fully saturated rings. The molecule has 1 aromatic heterocycles. The maximum absolute atomic E-state index is 12.0. The van der Waals surface area contributed by atoms with E-state index in [9.17, 15) is 4.79 Å². The molecule has 0 radical (unpaired) electrons. The van der Waals surface area contributed by atoms with Crippen LogP contribution in [0.1, 0.15) is 31.7 Å². The molecule has 2 rings (SSSR count). The van der Waals surface area contributed by atoms with E-state index in [-0.39, 0.29) is 5.91 Å². The predicted molar refractivity (Wildman–Crippen MR) is 79.7 cm³/mol. The van der Waals surface area contributed by atoms with Crippen molar-refractivity contribution in [3.8, 4) is 6.07 Å². The minimum Gasteiger partial charge on any atom is -0.339 e. The van der Waals surface area contributed by atoms with E-state index in [1.807, 2.05) is 16.7 Å². The monoisotopic (exact) mass is 287 g/mol. The van der Waals surface area contributed by atoms with Crippen molar-refractivity contribution >= 4 is 11.9 Å². The van der Waals surface area contributed by atoms with E-state index in [0.717, 1.165) is 5.69 Å². The Morgan fingerprint density at radius 1 is 1.33 bits per heavy atom. The van der Waals surface area contributed by atoms with E-state index in [1.165, 1.54) is 0 Å². The summed E-state index contributed by atoms with van der Waals surface area (Å²) in [4.78, 5) is 24.6. The highest BCUT2D eigenvalue weighted by Gasteiger charge is 2.23. The molecule has 6 heteroatoms. The van der Waals surface area contributed by atoms with Crippen molar-refractivity contribution < 1.29 is 4.79 Å². The molecule has 0 atom stereocenters. The molecule has 1 aromatic rings. The van der Waals surface area contributed by atoms with Gasteiger partial charge in [0.25, 0.3) is 0 Å². The fraction of sp³-hybridized carbons (Fsp3) is 0.600. The quantitative estimate of drug-likeness (QED) is 0.839. The number of carbonyl (C=O) groups is 1. The summed E-state index contributed by atoms with van der Waals surface area (Å²) < 4.78 is 0. The van der Waals surface area contributed by atoms with Gasteiger partial charge in [-0.25, -0.2) is 9.97 Å². The first kappa shape index (κ1) is 15.2. The molecule has 1 aliphatic rings. The second-order valence-electron chi connectivity index (χ2n) is 5.77. The Morgan fingerprint density at radius 2 is 2.00 bits per heavy atom. The summed E-state index contributed by atoms with van der Waals surface area (Å²) in [6.45, 7) is 8.75. The number of anilines is 1. The summed E-state index contributed by atoms with van der Waals surface area (Å²) in [6, 6.07) is 3.73. The van der Waals surface area contributed by atoms with Crippen molar-refractivity contribution in [2.24, 2.45) is 5.92 Å². The third kappa shape index (κ3) is 3.91. The minimum absolute atomic E-state index is 0.215. The van der Waals surface area contributed by atoms with E-state index >= 15 is 0 Å². The molecule has 0 spiro atoms. The zero-order chi connectivity index (χ0) is 15.4. The van der Waals surface area contributed by atoms with Crippen molar-refractivity contribution in [2.45, 2.75) is 27.2 Å². The van der Waals surface area contributed by atoms with Gasteiger partial charge in [0, 0.05) is 38.3 Å². The first-order chi connectivity index (χ1) is 9.99. The van der Waals surface area contributed by atoms with Crippen molar-refractivity contribution in [2.75, 3.05) is 31.1 Å². The fourth-order valence-corrected chi connectivity index (χ4v) is 2.39. The van der Waals surface area contributed by atoms with Crippen LogP contribution in [0.3, 0.4) is 0 Å². The number of aryl methyl sites for hydroxylation is 1. The lowest BCUT2D eigenvalue weighted by Crippen LogP contribution is -2.49. The summed E-state index contributed by atoms with van der Waals surface area (Å²) in [5, 5.41) is 8.97. The standard InChI is InChI=1S/C15H21N5O/c1-11(2)8-14(21)19-4-6-20(7-5-19)15-17-12(3)9-13(10-16)18-15/h9,11H,4-8H2,1-3H3. The van der Waals surface area contributed by atoms with Crippen LogP contribution in [-0.2, 0) is 4.79 Å². The zero-order valence-electron chi connectivity index (χ0n) is 12.8. The molecule has 21 heavy (non-hydrogen) atoms. The molecule has 6 nitrogen and oxygen atoms in total. The lowest BCUT2D eigenvalue weighted by molar-refractivity contribution is -0.132. The van der Waals surface area contributed by atoms with Crippen LogP contribution < -0.4 is 4.90 Å². The Kier molecular flexibility index (Phi) is 4.73. The number of aromatic nitrogens is 2. The summed E-state index contributed by atoms with van der Waals surface area (Å²) >= 11 is 0. The smallest absolute Gasteiger partial charge is 0.226 e. The van der Waals surface area contributed by atoms with Crippen LogP contribution in [0.5, 0.6) is 0 Å². The molecule has 0 aromatic carbocycles. The third-order valence-electron chi connectivity index (χ3n) is 3.46. The van der Waals surface area contributed by atoms with Crippen LogP contribution in [0.2, 0.25) is 0 Å². The lowest BCUT2D eigenvalue weighted by Gasteiger charge is -2.35. The van der Waals surface area contributed by atoms with Crippen LogP contribution in [0.25, 0.3) is 0 Å². The van der Waals surface area contributed by atoms with Gasteiger partial charge >= 0.3 is 0 Å². The normalized spacial score (nSPS) is 15.2. The number of amides is 1. The number of hydrogen-bond donors (Lipinski definition) is 0. The Hall–Kier alpha value is -2.16. The molecule has 112 valence electrons. The number of piperazine rings is 1. The summed E-state index contributed by atoms with van der Waals surface area (Å²) in [5.74, 6) is 1.18. The molecule has 0 unspecified atom stereocenters. The highest BCUT2D eigenvalue weighted by molar-refractivity contribution is 5.76. The Morgan fingerprint density at radius 3 is 2.57 bits per heavy atom. The van der Waals surface area contributed by atoms with Gasteiger partial charge in [-0.05, 0) is 18.9 Å². The maximum Gasteiger partial charge on any atom is 0.226 e. The number of rotatable bonds is 3. The average Bonchev–Trinajstić information content (AvgIpc) is 2.46. The van der Waals surface area contributed by atoms with Crippen LogP contribution in [0, 0.1) is 24.2 Å². The zero-order valence-corrected chi connectivity index (χ0v) is 12.8. The summed E-state index contributed by atoms with van der Waals surface area (Å²) in [7, 11) is 0. The molecule has 1 saturated heterocycles. The SMILES string of the molecule is Cc1cc(C#N)nc(N2CCN(C(=O)CC(C)C)CC2)n1. The highest BCUT2D eigenvalue weighted by atomic mass is 16.2. The van der Waals surface area contributed by atoms with Crippen LogP contribution in [0.4, 0.5) is 5.95 Å². The van der Waals surface area contributed by atoms with Crippen molar-refractivity contribution in [3.63, 3.8) is 0 Å². The first-order valence-electron chi connectivity index (χ1n) is 7.28. The second kappa shape index (κ2) is 6.53. The molecule has 0 aliphatic carbocycles. The molecular formula is C15H21N5O. The lowest BCUT2D eigenvalue weighted by atomic mass is 10.1. The number of hydrogen-bond acceptors (Lipinski definition) is 5. The van der Waals surface area contributed by atoms with Crippen molar-refractivity contribution in [3.05, 3.63) is 17.5 Å². The van der Waals surface area contributed by atoms with Gasteiger partial charge in [-0.2, -0.15) is 5.26 Å². The van der Waals surface area contributed by atoms with E-state index in [0.29, 0.717) is 50.2 Å². The van der Waals surface area contributed by atoms with E-state index < -0.39 is 0 Å². The Labute approximate surface area is 125 Å². The summed E-state index contributed by atoms with van der Waals surface area (Å²) in [5.41, 5.74) is 1.17. The third-order valence-corrected chi connectivity index (χ3v) is 3.46. The molecule has 0 saturated carbocycles. The molecule has 2 heterocycles. The van der Waals surface area contributed by atoms with Gasteiger partial charge < -0.3 is 9.80 Å². The van der Waals surface area contributed by atoms with Crippen LogP contribution in [-0.4, -0.2) is 47.0 Å². The molecule has 1 aliphatic heterocycles. The van der Waals surface area contributed by atoms with Gasteiger partial charge in [0.1, 0.15) is 11.8 Å². The van der Waals surface area contributed by atoms with E-state index in [1.54, 1.807) is 6.07 Å². The molecule has 1 amide bonds. The number of carbonyl (C=O) groups excluding carboxylic acids is 1. The topological polar surface area (TPSA) is 73.1 Å². The van der Waals surface area contributed by atoms with E-state index in [2.05, 4.69) is 29.9 Å². The van der Waals surface area contributed by atoms with Gasteiger partial charge in [0.05, 0.1) is 0 Å². The number of nitrogens with zero attached hydrogens (tertiary/aromatic N) is 5. The second-order valence-corrected chi connectivity index (χ2v) is 5.77. The summed E-state index contributed by atoms with van der Waals surface area (Å²) in [6.07, 6.45) is 0.597. The molecular weight excluding hydrogens is 266 g/mol. The highest BCUT2D eigenvalue weighted by Crippen LogP contribution is 2.14.